The maximum absolute atomic E-state index is 10.9. The summed E-state index contributed by atoms with van der Waals surface area (Å²) in [5.41, 5.74) is 0. The number of hydrogen-bond acceptors (Lipinski definition) is 4. The zero-order valence-electron chi connectivity index (χ0n) is 12.6. The average Bonchev–Trinajstić information content (AvgIpc) is 2.43. The van der Waals surface area contributed by atoms with Crippen molar-refractivity contribution in [3.05, 3.63) is 12.2 Å². The van der Waals surface area contributed by atoms with Crippen molar-refractivity contribution < 1.29 is 4.79 Å². The van der Waals surface area contributed by atoms with Crippen molar-refractivity contribution in [2.45, 2.75) is 33.4 Å². The van der Waals surface area contributed by atoms with E-state index < -0.39 is 0 Å². The predicted molar refractivity (Wildman–Crippen MR) is 81.6 cm³/mol. The van der Waals surface area contributed by atoms with Gasteiger partial charge in [-0.25, -0.2) is 0 Å². The molecule has 1 unspecified atom stereocenters. The number of rotatable bonds is 10. The lowest BCUT2D eigenvalue weighted by Crippen LogP contribution is -2.30. The Kier molecular flexibility index (Phi) is 11.1. The third kappa shape index (κ3) is 10.4. The lowest BCUT2D eigenvalue weighted by atomic mass is 10.3. The monoisotopic (exact) mass is 268 g/mol. The summed E-state index contributed by atoms with van der Waals surface area (Å²) in [5, 5.41) is 5.84. The summed E-state index contributed by atoms with van der Waals surface area (Å²) in [4.78, 5) is 17.6. The highest BCUT2D eigenvalue weighted by molar-refractivity contribution is 5.91. The van der Waals surface area contributed by atoms with Gasteiger partial charge >= 0.3 is 0 Å². The maximum Gasteiger partial charge on any atom is 0.243 e. The fourth-order valence-corrected chi connectivity index (χ4v) is 1.60. The second kappa shape index (κ2) is 11.9. The van der Waals surface area contributed by atoms with E-state index in [1.165, 1.54) is 6.08 Å². The molecule has 0 saturated heterocycles. The number of carbonyl (C=O) groups is 1. The van der Waals surface area contributed by atoms with Crippen molar-refractivity contribution in [2.24, 2.45) is 4.99 Å². The van der Waals surface area contributed by atoms with Crippen LogP contribution < -0.4 is 10.6 Å². The minimum Gasteiger partial charge on any atom is -0.356 e. The summed E-state index contributed by atoms with van der Waals surface area (Å²) >= 11 is 0. The third-order valence-electron chi connectivity index (χ3n) is 2.88. The van der Waals surface area contributed by atoms with Gasteiger partial charge in [0.2, 0.25) is 5.91 Å². The van der Waals surface area contributed by atoms with E-state index in [1.54, 1.807) is 19.3 Å². The molecule has 0 fully saturated rings. The molecule has 0 aliphatic rings. The molecule has 1 amide bonds. The molecule has 110 valence electrons. The number of aliphatic imine (C=N–C) groups is 1. The van der Waals surface area contributed by atoms with Gasteiger partial charge in [-0.3, -0.25) is 15.1 Å². The zero-order valence-corrected chi connectivity index (χ0v) is 12.6. The van der Waals surface area contributed by atoms with Gasteiger partial charge in [0, 0.05) is 19.3 Å². The smallest absolute Gasteiger partial charge is 0.243 e. The molecule has 5 nitrogen and oxygen atoms in total. The van der Waals surface area contributed by atoms with Crippen LogP contribution in [0.1, 0.15) is 27.2 Å². The first kappa shape index (κ1) is 17.8. The molecular formula is C14H28N4O. The van der Waals surface area contributed by atoms with Crippen molar-refractivity contribution in [1.82, 2.24) is 15.5 Å². The second-order valence-electron chi connectivity index (χ2n) is 4.28. The first-order valence-corrected chi connectivity index (χ1v) is 7.01. The number of hydrogen-bond donors (Lipinski definition) is 2. The van der Waals surface area contributed by atoms with Crippen LogP contribution in [0.5, 0.6) is 0 Å². The Bertz CT molecular complexity index is 285. The molecule has 5 heteroatoms. The van der Waals surface area contributed by atoms with Crippen LogP contribution >= 0.6 is 0 Å². The van der Waals surface area contributed by atoms with Crippen LogP contribution in [-0.2, 0) is 4.79 Å². The molecule has 0 heterocycles. The zero-order chi connectivity index (χ0) is 14.5. The minimum atomic E-state index is -0.119. The summed E-state index contributed by atoms with van der Waals surface area (Å²) in [7, 11) is 1.60. The molecule has 1 atom stereocenters. The number of carbonyl (C=O) groups excluding carboxylic acids is 1. The van der Waals surface area contributed by atoms with Gasteiger partial charge in [0.25, 0.3) is 0 Å². The van der Waals surface area contributed by atoms with E-state index in [0.717, 1.165) is 32.6 Å². The number of likely N-dealkylation sites (N-methyl/N-ethyl adjacent to an activating group) is 1. The summed E-state index contributed by atoms with van der Waals surface area (Å²) in [6.45, 7) is 10.6. The van der Waals surface area contributed by atoms with Gasteiger partial charge in [-0.15, -0.1) is 0 Å². The van der Waals surface area contributed by atoms with E-state index >= 15 is 0 Å². The Morgan fingerprint density at radius 3 is 2.63 bits per heavy atom. The highest BCUT2D eigenvalue weighted by atomic mass is 16.1. The largest absolute Gasteiger partial charge is 0.356 e. The fraction of sp³-hybridized carbons (Fsp3) is 0.714. The van der Waals surface area contributed by atoms with Crippen LogP contribution in [0.15, 0.2) is 17.1 Å². The van der Waals surface area contributed by atoms with Gasteiger partial charge in [-0.1, -0.05) is 13.8 Å². The van der Waals surface area contributed by atoms with Crippen molar-refractivity contribution in [3.8, 4) is 0 Å². The van der Waals surface area contributed by atoms with Crippen LogP contribution in [-0.4, -0.2) is 56.4 Å². The fourth-order valence-electron chi connectivity index (χ4n) is 1.60. The molecule has 0 aliphatic carbocycles. The third-order valence-corrected chi connectivity index (χ3v) is 2.88. The van der Waals surface area contributed by atoms with E-state index in [9.17, 15) is 4.79 Å². The summed E-state index contributed by atoms with van der Waals surface area (Å²) in [6, 6.07) is 0. The molecule has 0 radical (unpaired) electrons. The van der Waals surface area contributed by atoms with Crippen LogP contribution in [0, 0.1) is 0 Å². The second-order valence-corrected chi connectivity index (χ2v) is 4.28. The van der Waals surface area contributed by atoms with Crippen LogP contribution in [0.3, 0.4) is 0 Å². The lowest BCUT2D eigenvalue weighted by molar-refractivity contribution is -0.116. The molecule has 0 saturated carbocycles. The van der Waals surface area contributed by atoms with Gasteiger partial charge < -0.3 is 10.2 Å². The average molecular weight is 268 g/mol. The van der Waals surface area contributed by atoms with Crippen LogP contribution in [0.25, 0.3) is 0 Å². The number of nitrogens with one attached hydrogen (secondary N) is 2. The van der Waals surface area contributed by atoms with E-state index in [-0.39, 0.29) is 12.1 Å². The molecule has 0 aromatic rings. The van der Waals surface area contributed by atoms with Gasteiger partial charge in [-0.05, 0) is 45.6 Å². The minimum absolute atomic E-state index is 0.0750. The maximum atomic E-state index is 10.9. The molecule has 0 aromatic heterocycles. The van der Waals surface area contributed by atoms with Crippen molar-refractivity contribution in [3.63, 3.8) is 0 Å². The van der Waals surface area contributed by atoms with Crippen molar-refractivity contribution in [1.29, 1.82) is 0 Å². The van der Waals surface area contributed by atoms with Gasteiger partial charge in [-0.2, -0.15) is 0 Å². The summed E-state index contributed by atoms with van der Waals surface area (Å²) in [6.07, 6.45) is 5.95. The highest BCUT2D eigenvalue weighted by Crippen LogP contribution is 1.90. The SMILES string of the molecule is CCN(CC)CCCNC(C)/N=C\C=C\C(=O)NC. The normalized spacial score (nSPS) is 13.5. The lowest BCUT2D eigenvalue weighted by Gasteiger charge is -2.18. The Hall–Kier alpha value is -1.20. The Morgan fingerprint density at radius 2 is 2.05 bits per heavy atom. The predicted octanol–water partition coefficient (Wildman–Crippen LogP) is 1.03. The van der Waals surface area contributed by atoms with Crippen LogP contribution in [0.4, 0.5) is 0 Å². The summed E-state index contributed by atoms with van der Waals surface area (Å²) < 4.78 is 0. The molecule has 0 rings (SSSR count). The highest BCUT2D eigenvalue weighted by Gasteiger charge is 1.99. The first-order chi connectivity index (χ1) is 9.13. The molecule has 0 aromatic carbocycles. The standard InChI is InChI=1S/C14H28N4O/c1-5-18(6-2)12-8-11-17-13(3)16-10-7-9-14(19)15-4/h7,9-10,13,17H,5-6,8,11-12H2,1-4H3,(H,15,19)/b9-7+,16-10-. The quantitative estimate of drug-likeness (QED) is 0.353. The van der Waals surface area contributed by atoms with E-state index in [0.29, 0.717) is 0 Å². The Labute approximate surface area is 117 Å². The molecule has 0 spiro atoms. The summed E-state index contributed by atoms with van der Waals surface area (Å²) in [5.74, 6) is -0.119. The number of allylic oxidation sites excluding steroid dienone is 1. The van der Waals surface area contributed by atoms with Crippen molar-refractivity contribution in [2.75, 3.05) is 33.2 Å². The van der Waals surface area contributed by atoms with Crippen molar-refractivity contribution >= 4 is 12.1 Å². The van der Waals surface area contributed by atoms with Gasteiger partial charge in [0.15, 0.2) is 0 Å². The van der Waals surface area contributed by atoms with Crippen LogP contribution in [0.2, 0.25) is 0 Å². The number of nitrogens with zero attached hydrogens (tertiary/aromatic N) is 2. The molecule has 19 heavy (non-hydrogen) atoms. The van der Waals surface area contributed by atoms with Gasteiger partial charge in [0.05, 0.1) is 6.17 Å². The first-order valence-electron chi connectivity index (χ1n) is 7.01. The Balaban J connectivity index is 3.69. The molecule has 2 N–H and O–H groups in total. The number of amides is 1. The van der Waals surface area contributed by atoms with E-state index in [2.05, 4.69) is 34.4 Å². The van der Waals surface area contributed by atoms with Gasteiger partial charge in [0.1, 0.15) is 0 Å². The van der Waals surface area contributed by atoms with E-state index in [1.807, 2.05) is 6.92 Å². The molecule has 0 aliphatic heterocycles. The topological polar surface area (TPSA) is 56.7 Å². The van der Waals surface area contributed by atoms with E-state index in [4.69, 9.17) is 0 Å². The molecular weight excluding hydrogens is 240 g/mol. The molecule has 0 bridgehead atoms. The Morgan fingerprint density at radius 1 is 1.37 bits per heavy atom.